The number of hydrogen-bond acceptors (Lipinski definition) is 4. The Hall–Kier alpha value is -0.543. The summed E-state index contributed by atoms with van der Waals surface area (Å²) in [6.45, 7) is 8.87. The molecular formula is C13H15BrLiNO3S-2. The number of halogens is 1. The molecule has 0 saturated carbocycles. The van der Waals surface area contributed by atoms with E-state index in [-0.39, 0.29) is 30.5 Å². The summed E-state index contributed by atoms with van der Waals surface area (Å²) in [5, 5.41) is 9.65. The maximum Gasteiger partial charge on any atom is 1.00 e. The Morgan fingerprint density at radius 1 is 1.60 bits per heavy atom. The molecule has 4 nitrogen and oxygen atoms in total. The van der Waals surface area contributed by atoms with Crippen molar-refractivity contribution < 1.29 is 33.2 Å². The summed E-state index contributed by atoms with van der Waals surface area (Å²) in [7, 11) is 0. The minimum absolute atomic E-state index is 0. The summed E-state index contributed by atoms with van der Waals surface area (Å²) in [5.74, 6) is -0.439. The van der Waals surface area contributed by atoms with Gasteiger partial charge in [0.05, 0.1) is 10.4 Å². The molecule has 0 spiro atoms. The number of ether oxygens (including phenoxy) is 1. The van der Waals surface area contributed by atoms with Gasteiger partial charge in [-0.25, -0.2) is 0 Å². The van der Waals surface area contributed by atoms with Gasteiger partial charge in [0, 0.05) is 6.29 Å². The van der Waals surface area contributed by atoms with Crippen molar-refractivity contribution in [2.75, 3.05) is 6.61 Å². The van der Waals surface area contributed by atoms with E-state index < -0.39 is 5.97 Å². The average molecular weight is 352 g/mol. The predicted octanol–water partition coefficient (Wildman–Crippen LogP) is 0.370. The summed E-state index contributed by atoms with van der Waals surface area (Å²) >= 11 is 4.53. The van der Waals surface area contributed by atoms with Crippen molar-refractivity contribution in [1.82, 2.24) is 0 Å². The number of thiophene rings is 1. The van der Waals surface area contributed by atoms with E-state index in [4.69, 9.17) is 0 Å². The van der Waals surface area contributed by atoms with Gasteiger partial charge in [0.15, 0.2) is 5.97 Å². The minimum Gasteiger partial charge on any atom is -0.823 e. The predicted molar refractivity (Wildman–Crippen MR) is 81.1 cm³/mol. The second-order valence-corrected chi connectivity index (χ2v) is 6.17. The molecule has 1 heterocycles. The number of esters is 1. The molecule has 0 amide bonds. The van der Waals surface area contributed by atoms with Crippen molar-refractivity contribution in [3.8, 4) is 0 Å². The van der Waals surface area contributed by atoms with Gasteiger partial charge >= 0.3 is 18.9 Å². The molecular weight excluding hydrogens is 337 g/mol. The third kappa shape index (κ3) is 7.90. The van der Waals surface area contributed by atoms with Crippen LogP contribution < -0.4 is 18.9 Å². The van der Waals surface area contributed by atoms with Crippen LogP contribution in [0.5, 0.6) is 0 Å². The zero-order valence-corrected chi connectivity index (χ0v) is 14.4. The van der Waals surface area contributed by atoms with Crippen molar-refractivity contribution in [3.63, 3.8) is 0 Å². The second kappa shape index (κ2) is 11.2. The summed E-state index contributed by atoms with van der Waals surface area (Å²) in [4.78, 5) is 20.7. The molecule has 0 fully saturated rings. The zero-order chi connectivity index (χ0) is 15.0. The van der Waals surface area contributed by atoms with Gasteiger partial charge in [-0.3, -0.25) is 17.4 Å². The van der Waals surface area contributed by atoms with Gasteiger partial charge in [-0.1, -0.05) is 24.6 Å². The van der Waals surface area contributed by atoms with Crippen LogP contribution in [-0.4, -0.2) is 24.6 Å². The molecule has 1 aromatic heterocycles. The molecule has 1 rings (SSSR count). The Kier molecular flexibility index (Phi) is 12.1. The third-order valence-electron chi connectivity index (χ3n) is 1.92. The van der Waals surface area contributed by atoms with Gasteiger partial charge in [-0.05, 0) is 22.9 Å². The Bertz CT molecular complexity index is 460. The molecule has 106 valence electrons. The number of hydrogen-bond donors (Lipinski definition) is 0. The van der Waals surface area contributed by atoms with Crippen LogP contribution in [0.2, 0.25) is 0 Å². The first-order valence-corrected chi connectivity index (χ1v) is 7.16. The Balaban J connectivity index is 0. The average Bonchev–Trinajstić information content (AvgIpc) is 2.69. The van der Waals surface area contributed by atoms with Crippen LogP contribution in [0.1, 0.15) is 31.2 Å². The van der Waals surface area contributed by atoms with Gasteiger partial charge in [0.1, 0.15) is 0 Å². The summed E-state index contributed by atoms with van der Waals surface area (Å²) < 4.78 is 5.12. The van der Waals surface area contributed by atoms with E-state index in [9.17, 15) is 15.0 Å². The Labute approximate surface area is 144 Å². The largest absolute Gasteiger partial charge is 1.00 e. The van der Waals surface area contributed by atoms with Crippen molar-refractivity contribution in [2.45, 2.75) is 20.8 Å². The smallest absolute Gasteiger partial charge is 0.823 e. The molecule has 0 aliphatic rings. The quantitative estimate of drug-likeness (QED) is 0.340. The van der Waals surface area contributed by atoms with Crippen LogP contribution in [0, 0.1) is 12.8 Å². The molecule has 1 aromatic rings. The molecule has 0 N–H and O–H groups in total. The van der Waals surface area contributed by atoms with Gasteiger partial charge in [-0.15, -0.1) is 6.07 Å². The molecule has 0 unspecified atom stereocenters. The van der Waals surface area contributed by atoms with Crippen LogP contribution >= 0.6 is 27.3 Å². The van der Waals surface area contributed by atoms with Gasteiger partial charge in [0.25, 0.3) is 0 Å². The fourth-order valence-corrected chi connectivity index (χ4v) is 2.50. The maximum absolute atomic E-state index is 10.5. The van der Waals surface area contributed by atoms with E-state index in [1.54, 1.807) is 13.0 Å². The van der Waals surface area contributed by atoms with Gasteiger partial charge in [0.2, 0.25) is 0 Å². The van der Waals surface area contributed by atoms with E-state index in [1.807, 2.05) is 20.1 Å². The minimum atomic E-state index is -0.461. The molecule has 0 saturated heterocycles. The first-order valence-electron chi connectivity index (χ1n) is 5.55. The Morgan fingerprint density at radius 3 is 2.45 bits per heavy atom. The first-order chi connectivity index (χ1) is 8.83. The zero-order valence-electron chi connectivity index (χ0n) is 12.0. The van der Waals surface area contributed by atoms with Gasteiger partial charge < -0.3 is 14.9 Å². The normalized spacial score (nSPS) is 9.05. The van der Waals surface area contributed by atoms with E-state index in [1.165, 1.54) is 11.3 Å². The number of nitrogens with zero attached hydrogens (tertiary/aromatic N) is 1. The molecule has 20 heavy (non-hydrogen) atoms. The van der Waals surface area contributed by atoms with Crippen LogP contribution in [0.4, 0.5) is 0 Å². The van der Waals surface area contributed by atoms with Crippen molar-refractivity contribution in [1.29, 1.82) is 0 Å². The second-order valence-electron chi connectivity index (χ2n) is 3.74. The molecule has 0 aromatic carbocycles. The van der Waals surface area contributed by atoms with E-state index in [0.29, 0.717) is 17.0 Å². The van der Waals surface area contributed by atoms with Crippen molar-refractivity contribution in [3.05, 3.63) is 32.6 Å². The van der Waals surface area contributed by atoms with E-state index in [2.05, 4.69) is 27.6 Å². The van der Waals surface area contributed by atoms with Gasteiger partial charge in [-0.2, -0.15) is 16.9 Å². The number of carbonyl (C=O) groups is 1. The molecule has 7 heteroatoms. The SMILES string of the molecule is CC(C)C(=[N-])c1cc(Br)sc1[C-]=O.[CH2-]C(=O)OCC.[Li+]. The molecule has 0 atom stereocenters. The van der Waals surface area contributed by atoms with Crippen LogP contribution in [0.15, 0.2) is 9.85 Å². The molecule has 0 radical (unpaired) electrons. The number of rotatable bonds is 4. The van der Waals surface area contributed by atoms with Crippen molar-refractivity contribution >= 4 is 45.2 Å². The van der Waals surface area contributed by atoms with Crippen molar-refractivity contribution in [2.24, 2.45) is 5.92 Å². The topological polar surface area (TPSA) is 65.7 Å². The van der Waals surface area contributed by atoms with Crippen LogP contribution in [0.3, 0.4) is 0 Å². The number of carbonyl (C=O) groups excluding carboxylic acids is 2. The Morgan fingerprint density at radius 2 is 2.15 bits per heavy atom. The van der Waals surface area contributed by atoms with E-state index in [0.717, 1.165) is 3.79 Å². The monoisotopic (exact) mass is 351 g/mol. The van der Waals surface area contributed by atoms with Crippen LogP contribution in [-0.2, 0) is 14.3 Å². The fraction of sp³-hybridized carbons (Fsp3) is 0.385. The standard InChI is InChI=1S/C9H8BrNOS.C4H7O2.Li/c1-5(2)9(11)6-3-8(10)13-7(6)4-12;1-3-6-4(2)5;/h3,5H,1-2H3;2-3H2,1H3;/q-2;-1;+1. The molecule has 0 aliphatic carbocycles. The third-order valence-corrected chi connectivity index (χ3v) is 3.46. The fourth-order valence-electron chi connectivity index (χ4n) is 1.10. The van der Waals surface area contributed by atoms with Crippen LogP contribution in [0.25, 0.3) is 5.41 Å². The summed E-state index contributed by atoms with van der Waals surface area (Å²) in [6.07, 6.45) is 1.81. The first kappa shape index (κ1) is 21.8. The summed E-state index contributed by atoms with van der Waals surface area (Å²) in [5.41, 5.74) is 0.821. The maximum atomic E-state index is 10.5. The summed E-state index contributed by atoms with van der Waals surface area (Å²) in [6, 6.07) is 1.74. The molecule has 0 aliphatic heterocycles. The van der Waals surface area contributed by atoms with E-state index >= 15 is 0 Å². The molecule has 0 bridgehead atoms.